The van der Waals surface area contributed by atoms with E-state index in [9.17, 15) is 4.79 Å². The summed E-state index contributed by atoms with van der Waals surface area (Å²) in [5.41, 5.74) is 1.05. The number of hydrogen-bond acceptors (Lipinski definition) is 4. The third-order valence-corrected chi connectivity index (χ3v) is 5.53. The number of thiazole rings is 1. The summed E-state index contributed by atoms with van der Waals surface area (Å²) in [6, 6.07) is 0.281. The average molecular weight is 299 g/mol. The van der Waals surface area contributed by atoms with E-state index in [0.29, 0.717) is 12.6 Å². The van der Waals surface area contributed by atoms with Crippen LogP contribution in [0.4, 0.5) is 4.79 Å². The Morgan fingerprint density at radius 1 is 1.63 bits per heavy atom. The van der Waals surface area contributed by atoms with E-state index in [-0.39, 0.29) is 11.9 Å². The topological polar surface area (TPSA) is 54.0 Å². The van der Waals surface area contributed by atoms with Crippen LogP contribution >= 0.6 is 23.1 Å². The van der Waals surface area contributed by atoms with Gasteiger partial charge in [0.2, 0.25) is 0 Å². The Morgan fingerprint density at radius 2 is 2.47 bits per heavy atom. The van der Waals surface area contributed by atoms with Gasteiger partial charge < -0.3 is 10.6 Å². The molecule has 2 amide bonds. The van der Waals surface area contributed by atoms with Crippen molar-refractivity contribution in [1.29, 1.82) is 0 Å². The molecule has 6 heteroatoms. The highest BCUT2D eigenvalue weighted by molar-refractivity contribution is 7.99. The molecule has 0 bridgehead atoms. The quantitative estimate of drug-likeness (QED) is 0.899. The molecule has 1 aromatic rings. The molecule has 1 aliphatic rings. The molecule has 0 radical (unpaired) electrons. The number of hydrogen-bond donors (Lipinski definition) is 2. The number of aromatic nitrogens is 1. The molecule has 1 aliphatic heterocycles. The SMILES string of the molecule is Cc1csc([C@H](C)CNC(=O)N[C@@H]2CCCSC2)n1. The number of thioether (sulfide) groups is 1. The first kappa shape index (κ1) is 14.7. The summed E-state index contributed by atoms with van der Waals surface area (Å²) < 4.78 is 0. The first-order chi connectivity index (χ1) is 9.15. The van der Waals surface area contributed by atoms with E-state index in [2.05, 4.69) is 22.5 Å². The van der Waals surface area contributed by atoms with Gasteiger partial charge in [-0.1, -0.05) is 6.92 Å². The molecule has 2 rings (SSSR count). The normalized spacial score (nSPS) is 20.8. The highest BCUT2D eigenvalue weighted by atomic mass is 32.2. The lowest BCUT2D eigenvalue weighted by Crippen LogP contribution is -2.45. The standard InChI is InChI=1S/C13H21N3OS2/c1-9(12-15-10(2)7-19-12)6-14-13(17)16-11-4-3-5-18-8-11/h7,9,11H,3-6,8H2,1-2H3,(H2,14,16,17)/t9-,11-/m1/s1. The van der Waals surface area contributed by atoms with Crippen LogP contribution in [0.15, 0.2) is 5.38 Å². The van der Waals surface area contributed by atoms with Crippen molar-refractivity contribution in [2.75, 3.05) is 18.1 Å². The molecule has 2 N–H and O–H groups in total. The zero-order chi connectivity index (χ0) is 13.7. The molecule has 0 saturated carbocycles. The minimum Gasteiger partial charge on any atom is -0.337 e. The number of nitrogens with zero attached hydrogens (tertiary/aromatic N) is 1. The second-order valence-corrected chi connectivity index (χ2v) is 7.04. The number of urea groups is 1. The van der Waals surface area contributed by atoms with Crippen LogP contribution in [-0.4, -0.2) is 35.1 Å². The van der Waals surface area contributed by atoms with Crippen LogP contribution in [0.5, 0.6) is 0 Å². The zero-order valence-electron chi connectivity index (χ0n) is 11.4. The maximum absolute atomic E-state index is 11.8. The molecule has 1 aromatic heterocycles. The van der Waals surface area contributed by atoms with Gasteiger partial charge in [-0.2, -0.15) is 11.8 Å². The van der Waals surface area contributed by atoms with Gasteiger partial charge in [-0.15, -0.1) is 11.3 Å². The van der Waals surface area contributed by atoms with Crippen LogP contribution < -0.4 is 10.6 Å². The Kier molecular flexibility index (Phi) is 5.51. The Hall–Kier alpha value is -0.750. The summed E-state index contributed by atoms with van der Waals surface area (Å²) in [6.07, 6.45) is 2.30. The zero-order valence-corrected chi connectivity index (χ0v) is 13.1. The number of rotatable bonds is 4. The minimum atomic E-state index is -0.0485. The van der Waals surface area contributed by atoms with E-state index in [1.807, 2.05) is 24.1 Å². The summed E-state index contributed by atoms with van der Waals surface area (Å²) in [5.74, 6) is 2.53. The highest BCUT2D eigenvalue weighted by Crippen LogP contribution is 2.19. The van der Waals surface area contributed by atoms with Crippen LogP contribution in [0.3, 0.4) is 0 Å². The highest BCUT2D eigenvalue weighted by Gasteiger charge is 2.16. The lowest BCUT2D eigenvalue weighted by Gasteiger charge is -2.23. The van der Waals surface area contributed by atoms with Gasteiger partial charge in [0.1, 0.15) is 0 Å². The van der Waals surface area contributed by atoms with Crippen molar-refractivity contribution < 1.29 is 4.79 Å². The van der Waals surface area contributed by atoms with E-state index < -0.39 is 0 Å². The van der Waals surface area contributed by atoms with Gasteiger partial charge in [-0.25, -0.2) is 9.78 Å². The van der Waals surface area contributed by atoms with Crippen molar-refractivity contribution in [2.45, 2.75) is 38.6 Å². The molecule has 2 atom stereocenters. The van der Waals surface area contributed by atoms with Crippen LogP contribution in [0.1, 0.15) is 36.4 Å². The number of carbonyl (C=O) groups is 1. The van der Waals surface area contributed by atoms with E-state index in [1.54, 1.807) is 11.3 Å². The lowest BCUT2D eigenvalue weighted by molar-refractivity contribution is 0.236. The predicted octanol–water partition coefficient (Wildman–Crippen LogP) is 2.75. The molecule has 4 nitrogen and oxygen atoms in total. The summed E-state index contributed by atoms with van der Waals surface area (Å²) in [7, 11) is 0. The van der Waals surface area contributed by atoms with E-state index in [4.69, 9.17) is 0 Å². The lowest BCUT2D eigenvalue weighted by atomic mass is 10.2. The largest absolute Gasteiger partial charge is 0.337 e. The van der Waals surface area contributed by atoms with Crippen molar-refractivity contribution >= 4 is 29.1 Å². The van der Waals surface area contributed by atoms with Crippen LogP contribution in [0.25, 0.3) is 0 Å². The van der Waals surface area contributed by atoms with Gasteiger partial charge in [0, 0.05) is 35.3 Å². The van der Waals surface area contributed by atoms with Crippen LogP contribution in [0, 0.1) is 6.92 Å². The van der Waals surface area contributed by atoms with Crippen molar-refractivity contribution in [3.8, 4) is 0 Å². The van der Waals surface area contributed by atoms with Crippen molar-refractivity contribution in [3.05, 3.63) is 16.1 Å². The molecule has 2 heterocycles. The molecule has 0 aliphatic carbocycles. The van der Waals surface area contributed by atoms with Gasteiger partial charge in [0.05, 0.1) is 5.01 Å². The second-order valence-electron chi connectivity index (χ2n) is 5.00. The molecular formula is C13H21N3OS2. The summed E-state index contributed by atoms with van der Waals surface area (Å²) in [6.45, 7) is 4.72. The van der Waals surface area contributed by atoms with Gasteiger partial charge in [-0.05, 0) is 25.5 Å². The third-order valence-electron chi connectivity index (χ3n) is 3.12. The number of aryl methyl sites for hydroxylation is 1. The number of amides is 2. The molecule has 106 valence electrons. The molecule has 0 aromatic carbocycles. The van der Waals surface area contributed by atoms with Crippen LogP contribution in [-0.2, 0) is 0 Å². The maximum atomic E-state index is 11.8. The fourth-order valence-corrected chi connectivity index (χ4v) is 3.95. The van der Waals surface area contributed by atoms with Gasteiger partial charge in [0.25, 0.3) is 0 Å². The number of nitrogens with one attached hydrogen (secondary N) is 2. The van der Waals surface area contributed by atoms with E-state index in [1.165, 1.54) is 12.2 Å². The van der Waals surface area contributed by atoms with Gasteiger partial charge in [0.15, 0.2) is 0 Å². The third kappa shape index (κ3) is 4.69. The summed E-state index contributed by atoms with van der Waals surface area (Å²) >= 11 is 3.58. The second kappa shape index (κ2) is 7.14. The van der Waals surface area contributed by atoms with E-state index in [0.717, 1.165) is 22.9 Å². The van der Waals surface area contributed by atoms with E-state index >= 15 is 0 Å². The van der Waals surface area contributed by atoms with Gasteiger partial charge in [-0.3, -0.25) is 0 Å². The van der Waals surface area contributed by atoms with Crippen LogP contribution in [0.2, 0.25) is 0 Å². The van der Waals surface area contributed by atoms with Crippen molar-refractivity contribution in [2.24, 2.45) is 0 Å². The average Bonchev–Trinajstić information content (AvgIpc) is 2.84. The van der Waals surface area contributed by atoms with Crippen molar-refractivity contribution in [3.63, 3.8) is 0 Å². The fourth-order valence-electron chi connectivity index (χ4n) is 2.02. The smallest absolute Gasteiger partial charge is 0.315 e. The summed E-state index contributed by atoms with van der Waals surface area (Å²) in [4.78, 5) is 16.3. The van der Waals surface area contributed by atoms with Gasteiger partial charge >= 0.3 is 6.03 Å². The first-order valence-electron chi connectivity index (χ1n) is 6.69. The molecule has 19 heavy (non-hydrogen) atoms. The first-order valence-corrected chi connectivity index (χ1v) is 8.72. The maximum Gasteiger partial charge on any atom is 0.315 e. The Balaban J connectivity index is 1.70. The molecule has 1 fully saturated rings. The summed E-state index contributed by atoms with van der Waals surface area (Å²) in [5, 5.41) is 9.12. The fraction of sp³-hybridized carbons (Fsp3) is 0.692. The minimum absolute atomic E-state index is 0.0485. The molecular weight excluding hydrogens is 278 g/mol. The molecule has 0 spiro atoms. The Bertz CT molecular complexity index is 416. The Morgan fingerprint density at radius 3 is 3.11 bits per heavy atom. The van der Waals surface area contributed by atoms with Crippen molar-refractivity contribution in [1.82, 2.24) is 15.6 Å². The Labute approximate surface area is 122 Å². The predicted molar refractivity (Wildman–Crippen MR) is 82.1 cm³/mol. The number of carbonyl (C=O) groups excluding carboxylic acids is 1. The monoisotopic (exact) mass is 299 g/mol. The molecule has 0 unspecified atom stereocenters. The molecule has 1 saturated heterocycles.